The molecular weight excluding hydrogens is 418 g/mol. The molecule has 1 saturated heterocycles. The van der Waals surface area contributed by atoms with Crippen LogP contribution in [0, 0.1) is 19.8 Å². The molecule has 1 aliphatic heterocycles. The van der Waals surface area contributed by atoms with Crippen molar-refractivity contribution in [2.24, 2.45) is 5.92 Å². The molecule has 1 aliphatic rings. The number of H-pyrrole nitrogens is 1. The quantitative estimate of drug-likeness (QED) is 0.570. The van der Waals surface area contributed by atoms with Gasteiger partial charge in [-0.3, -0.25) is 9.59 Å². The van der Waals surface area contributed by atoms with Crippen LogP contribution >= 0.6 is 0 Å². The maximum Gasteiger partial charge on any atom is 0.355 e. The van der Waals surface area contributed by atoms with E-state index in [9.17, 15) is 14.4 Å². The molecule has 7 nitrogen and oxygen atoms in total. The van der Waals surface area contributed by atoms with E-state index in [1.54, 1.807) is 6.92 Å². The van der Waals surface area contributed by atoms with E-state index in [0.717, 1.165) is 36.1 Å². The molecular formula is C26H35N3O4. The van der Waals surface area contributed by atoms with Gasteiger partial charge >= 0.3 is 5.97 Å². The van der Waals surface area contributed by atoms with Crippen molar-refractivity contribution in [3.8, 4) is 0 Å². The lowest BCUT2D eigenvalue weighted by Gasteiger charge is -2.32. The summed E-state index contributed by atoms with van der Waals surface area (Å²) < 4.78 is 5.10. The van der Waals surface area contributed by atoms with Gasteiger partial charge in [-0.05, 0) is 63.1 Å². The van der Waals surface area contributed by atoms with Gasteiger partial charge < -0.3 is 19.9 Å². The van der Waals surface area contributed by atoms with Gasteiger partial charge in [-0.15, -0.1) is 0 Å². The first-order valence-electron chi connectivity index (χ1n) is 11.8. The van der Waals surface area contributed by atoms with Crippen molar-refractivity contribution in [3.05, 3.63) is 58.4 Å². The molecule has 1 atom stereocenters. The number of carbonyl (C=O) groups excluding carboxylic acids is 3. The monoisotopic (exact) mass is 453 g/mol. The summed E-state index contributed by atoms with van der Waals surface area (Å²) in [4.78, 5) is 42.6. The van der Waals surface area contributed by atoms with Gasteiger partial charge in [0.1, 0.15) is 5.69 Å². The maximum absolute atomic E-state index is 12.9. The number of esters is 1. The highest BCUT2D eigenvalue weighted by atomic mass is 16.5. The number of ether oxygens (including phenoxy) is 1. The van der Waals surface area contributed by atoms with Crippen molar-refractivity contribution < 1.29 is 19.1 Å². The Labute approximate surface area is 195 Å². The molecule has 2 heterocycles. The number of hydrogen-bond donors (Lipinski definition) is 2. The molecule has 0 saturated carbocycles. The minimum Gasteiger partial charge on any atom is -0.461 e. The second-order valence-corrected chi connectivity index (χ2v) is 8.65. The average Bonchev–Trinajstić information content (AvgIpc) is 3.11. The molecule has 1 aromatic carbocycles. The fourth-order valence-corrected chi connectivity index (χ4v) is 4.50. The SMILES string of the molecule is CCOC(=O)c1[nH]c(C)c(CCC(=O)N2CCC[C@@H](C(=O)NCCc3ccccc3)C2)c1C. The standard InChI is InChI=1S/C26H35N3O4/c1-4-33-26(32)24-18(2)22(19(3)28-24)12-13-23(30)29-16-8-11-21(17-29)25(31)27-15-14-20-9-6-5-7-10-20/h5-7,9-10,21,28H,4,8,11-17H2,1-3H3,(H,27,31)/t21-/m1/s1. The van der Waals surface area contributed by atoms with Crippen LogP contribution in [-0.4, -0.2) is 53.9 Å². The van der Waals surface area contributed by atoms with Gasteiger partial charge in [0.2, 0.25) is 11.8 Å². The predicted molar refractivity (Wildman–Crippen MR) is 127 cm³/mol. The number of amides is 2. The molecule has 0 radical (unpaired) electrons. The summed E-state index contributed by atoms with van der Waals surface area (Å²) in [5, 5.41) is 3.03. The lowest BCUT2D eigenvalue weighted by Crippen LogP contribution is -2.45. The smallest absolute Gasteiger partial charge is 0.355 e. The van der Waals surface area contributed by atoms with Crippen molar-refractivity contribution >= 4 is 17.8 Å². The zero-order valence-electron chi connectivity index (χ0n) is 19.9. The van der Waals surface area contributed by atoms with E-state index in [0.29, 0.717) is 44.8 Å². The largest absolute Gasteiger partial charge is 0.461 e. The number of carbonyl (C=O) groups is 3. The Morgan fingerprint density at radius 1 is 1.15 bits per heavy atom. The van der Waals surface area contributed by atoms with Gasteiger partial charge in [0.25, 0.3) is 0 Å². The lowest BCUT2D eigenvalue weighted by molar-refractivity contribution is -0.135. The maximum atomic E-state index is 12.9. The zero-order chi connectivity index (χ0) is 23.8. The molecule has 0 unspecified atom stereocenters. The number of nitrogens with one attached hydrogen (secondary N) is 2. The summed E-state index contributed by atoms with van der Waals surface area (Å²) >= 11 is 0. The van der Waals surface area contributed by atoms with E-state index >= 15 is 0 Å². The number of aromatic nitrogens is 1. The molecule has 0 aliphatic carbocycles. The first-order chi connectivity index (χ1) is 15.9. The van der Waals surface area contributed by atoms with Crippen LogP contribution in [0.25, 0.3) is 0 Å². The van der Waals surface area contributed by atoms with Crippen molar-refractivity contribution in [2.75, 3.05) is 26.2 Å². The highest BCUT2D eigenvalue weighted by molar-refractivity contribution is 5.90. The lowest BCUT2D eigenvalue weighted by atomic mass is 9.96. The van der Waals surface area contributed by atoms with Crippen LogP contribution in [-0.2, 0) is 27.2 Å². The summed E-state index contributed by atoms with van der Waals surface area (Å²) in [7, 11) is 0. The number of hydrogen-bond acceptors (Lipinski definition) is 4. The van der Waals surface area contributed by atoms with Crippen LogP contribution < -0.4 is 5.32 Å². The Kier molecular flexibility index (Phi) is 8.69. The Morgan fingerprint density at radius 2 is 1.91 bits per heavy atom. The summed E-state index contributed by atoms with van der Waals surface area (Å²) in [6, 6.07) is 10.1. The Hall–Kier alpha value is -3.09. The molecule has 1 fully saturated rings. The second kappa shape index (κ2) is 11.7. The molecule has 3 rings (SSSR count). The summed E-state index contributed by atoms with van der Waals surface area (Å²) in [6.07, 6.45) is 3.34. The molecule has 0 bridgehead atoms. The first-order valence-corrected chi connectivity index (χ1v) is 11.8. The van der Waals surface area contributed by atoms with Gasteiger partial charge in [-0.25, -0.2) is 4.79 Å². The topological polar surface area (TPSA) is 91.5 Å². The minimum absolute atomic E-state index is 0.0276. The molecule has 2 N–H and O–H groups in total. The number of benzene rings is 1. The molecule has 2 aromatic rings. The zero-order valence-corrected chi connectivity index (χ0v) is 19.9. The van der Waals surface area contributed by atoms with E-state index in [1.165, 1.54) is 5.56 Å². The molecule has 7 heteroatoms. The van der Waals surface area contributed by atoms with Gasteiger partial charge in [-0.2, -0.15) is 0 Å². The van der Waals surface area contributed by atoms with E-state index in [-0.39, 0.29) is 23.7 Å². The van der Waals surface area contributed by atoms with Crippen molar-refractivity contribution in [2.45, 2.75) is 52.9 Å². The molecule has 178 valence electrons. The number of aryl methyl sites for hydroxylation is 1. The van der Waals surface area contributed by atoms with Gasteiger partial charge in [0, 0.05) is 31.7 Å². The van der Waals surface area contributed by atoms with E-state index in [1.807, 2.05) is 36.9 Å². The number of piperidine rings is 1. The van der Waals surface area contributed by atoms with Crippen LogP contribution in [0.4, 0.5) is 0 Å². The molecule has 33 heavy (non-hydrogen) atoms. The number of nitrogens with zero attached hydrogens (tertiary/aromatic N) is 1. The van der Waals surface area contributed by atoms with Gasteiger partial charge in [0.05, 0.1) is 12.5 Å². The number of likely N-dealkylation sites (tertiary alicyclic amines) is 1. The third-order valence-electron chi connectivity index (χ3n) is 6.36. The van der Waals surface area contributed by atoms with Crippen LogP contribution in [0.1, 0.15) is 59.1 Å². The van der Waals surface area contributed by atoms with E-state index in [4.69, 9.17) is 4.74 Å². The van der Waals surface area contributed by atoms with Crippen LogP contribution in [0.5, 0.6) is 0 Å². The summed E-state index contributed by atoms with van der Waals surface area (Å²) in [6.45, 7) is 7.64. The Balaban J connectivity index is 1.49. The molecule has 1 aromatic heterocycles. The molecule has 2 amide bonds. The number of aromatic amines is 1. The van der Waals surface area contributed by atoms with Crippen molar-refractivity contribution in [1.82, 2.24) is 15.2 Å². The van der Waals surface area contributed by atoms with Crippen molar-refractivity contribution in [1.29, 1.82) is 0 Å². The third-order valence-corrected chi connectivity index (χ3v) is 6.36. The van der Waals surface area contributed by atoms with Crippen LogP contribution in [0.3, 0.4) is 0 Å². The third kappa shape index (κ3) is 6.46. The fraction of sp³-hybridized carbons (Fsp3) is 0.500. The fourth-order valence-electron chi connectivity index (χ4n) is 4.50. The van der Waals surface area contributed by atoms with E-state index < -0.39 is 0 Å². The minimum atomic E-state index is -0.368. The van der Waals surface area contributed by atoms with Crippen molar-refractivity contribution in [3.63, 3.8) is 0 Å². The van der Waals surface area contributed by atoms with Crippen LogP contribution in [0.2, 0.25) is 0 Å². The Morgan fingerprint density at radius 3 is 2.64 bits per heavy atom. The average molecular weight is 454 g/mol. The summed E-state index contributed by atoms with van der Waals surface area (Å²) in [5.41, 5.74) is 4.37. The van der Waals surface area contributed by atoms with E-state index in [2.05, 4.69) is 22.4 Å². The predicted octanol–water partition coefficient (Wildman–Crippen LogP) is 3.34. The normalized spacial score (nSPS) is 15.8. The van der Waals surface area contributed by atoms with Gasteiger partial charge in [-0.1, -0.05) is 30.3 Å². The summed E-state index contributed by atoms with van der Waals surface area (Å²) in [5.74, 6) is -0.452. The molecule has 0 spiro atoms. The Bertz CT molecular complexity index is 967. The highest BCUT2D eigenvalue weighted by Crippen LogP contribution is 2.22. The number of rotatable bonds is 9. The second-order valence-electron chi connectivity index (χ2n) is 8.65. The van der Waals surface area contributed by atoms with Gasteiger partial charge in [0.15, 0.2) is 0 Å². The van der Waals surface area contributed by atoms with Crippen LogP contribution in [0.15, 0.2) is 30.3 Å². The first kappa shape index (κ1) is 24.6. The highest BCUT2D eigenvalue weighted by Gasteiger charge is 2.28.